The molecule has 0 heterocycles. The highest BCUT2D eigenvalue weighted by atomic mass is 79.9. The highest BCUT2D eigenvalue weighted by Gasteiger charge is 2.12. The number of hydrogen-bond acceptors (Lipinski definition) is 6. The maximum Gasteiger partial charge on any atom is 0.276 e. The highest BCUT2D eigenvalue weighted by Crippen LogP contribution is 2.28. The van der Waals surface area contributed by atoms with Crippen molar-refractivity contribution >= 4 is 76.9 Å². The quantitative estimate of drug-likeness (QED) is 0.230. The third-order valence-electron chi connectivity index (χ3n) is 3.53. The fourth-order valence-corrected chi connectivity index (χ4v) is 3.90. The van der Waals surface area contributed by atoms with Crippen molar-refractivity contribution in [2.75, 3.05) is 26.9 Å². The minimum absolute atomic E-state index is 0.0697. The molecule has 2 aromatic carbocycles. The van der Waals surface area contributed by atoms with Crippen LogP contribution in [0.15, 0.2) is 49.8 Å². The molecule has 0 aliphatic carbocycles. The molecule has 8 nitrogen and oxygen atoms in total. The van der Waals surface area contributed by atoms with Gasteiger partial charge in [0.05, 0.1) is 15.6 Å². The summed E-state index contributed by atoms with van der Waals surface area (Å²) < 4.78 is 18.1. The lowest BCUT2D eigenvalue weighted by Crippen LogP contribution is -2.49. The molecule has 0 unspecified atom stereocenters. The van der Waals surface area contributed by atoms with Gasteiger partial charge in [-0.25, -0.2) is 0 Å². The molecule has 3 N–H and O–H groups in total. The van der Waals surface area contributed by atoms with E-state index in [2.05, 4.69) is 64.0 Å². The molecule has 31 heavy (non-hydrogen) atoms. The molecular formula is C19H18Br3N3O5S. The van der Waals surface area contributed by atoms with E-state index in [1.807, 2.05) is 0 Å². The molecule has 12 heteroatoms. The molecule has 2 aromatic rings. The fourth-order valence-electron chi connectivity index (χ4n) is 2.10. The lowest BCUT2D eigenvalue weighted by Gasteiger charge is -2.13. The number of amides is 2. The SMILES string of the molecule is COCCOc1ccc(C(=O)NC(=S)NNC(=O)COc2ccc(Br)cc2Br)cc1Br. The lowest BCUT2D eigenvalue weighted by atomic mass is 10.2. The Morgan fingerprint density at radius 1 is 0.935 bits per heavy atom. The van der Waals surface area contributed by atoms with Crippen LogP contribution in [0.4, 0.5) is 0 Å². The van der Waals surface area contributed by atoms with Crippen LogP contribution in [0.3, 0.4) is 0 Å². The molecule has 0 fully saturated rings. The van der Waals surface area contributed by atoms with Crippen LogP contribution in [0.25, 0.3) is 0 Å². The van der Waals surface area contributed by atoms with E-state index in [9.17, 15) is 9.59 Å². The predicted molar refractivity (Wildman–Crippen MR) is 130 cm³/mol. The second-order valence-electron chi connectivity index (χ2n) is 5.81. The second kappa shape index (κ2) is 13.0. The molecule has 166 valence electrons. The van der Waals surface area contributed by atoms with Crippen molar-refractivity contribution in [1.29, 1.82) is 0 Å². The molecule has 0 aliphatic heterocycles. The van der Waals surface area contributed by atoms with E-state index < -0.39 is 11.8 Å². The zero-order chi connectivity index (χ0) is 22.8. The number of hydrogen-bond donors (Lipinski definition) is 3. The Labute approximate surface area is 209 Å². The molecule has 0 atom stereocenters. The first-order valence-corrected chi connectivity index (χ1v) is 11.5. The van der Waals surface area contributed by atoms with Gasteiger partial charge in [0, 0.05) is 17.1 Å². The van der Waals surface area contributed by atoms with Gasteiger partial charge < -0.3 is 14.2 Å². The molecule has 2 rings (SSSR count). The Morgan fingerprint density at radius 2 is 1.61 bits per heavy atom. The van der Waals surface area contributed by atoms with Crippen LogP contribution in [0.2, 0.25) is 0 Å². The van der Waals surface area contributed by atoms with Crippen LogP contribution in [-0.4, -0.2) is 43.9 Å². The van der Waals surface area contributed by atoms with Crippen molar-refractivity contribution in [2.45, 2.75) is 0 Å². The summed E-state index contributed by atoms with van der Waals surface area (Å²) in [5.74, 6) is 0.158. The summed E-state index contributed by atoms with van der Waals surface area (Å²) in [6, 6.07) is 10.1. The lowest BCUT2D eigenvalue weighted by molar-refractivity contribution is -0.123. The maximum atomic E-state index is 12.3. The van der Waals surface area contributed by atoms with Gasteiger partial charge in [-0.15, -0.1) is 0 Å². The molecule has 0 aliphatic rings. The molecule has 0 saturated carbocycles. The molecule has 2 amide bonds. The van der Waals surface area contributed by atoms with Crippen molar-refractivity contribution in [3.8, 4) is 11.5 Å². The topological polar surface area (TPSA) is 97.9 Å². The Kier molecular flexibility index (Phi) is 10.7. The molecule has 0 aromatic heterocycles. The van der Waals surface area contributed by atoms with Gasteiger partial charge in [0.15, 0.2) is 11.7 Å². The third kappa shape index (κ3) is 8.73. The average molecular weight is 640 g/mol. The predicted octanol–water partition coefficient (Wildman–Crippen LogP) is 3.71. The zero-order valence-electron chi connectivity index (χ0n) is 16.2. The van der Waals surface area contributed by atoms with Crippen molar-refractivity contribution in [1.82, 2.24) is 16.2 Å². The van der Waals surface area contributed by atoms with E-state index in [-0.39, 0.29) is 11.7 Å². The van der Waals surface area contributed by atoms with E-state index in [4.69, 9.17) is 26.4 Å². The van der Waals surface area contributed by atoms with E-state index >= 15 is 0 Å². The van der Waals surface area contributed by atoms with Crippen molar-refractivity contribution in [3.05, 3.63) is 55.4 Å². The molecular weight excluding hydrogens is 622 g/mol. The number of carbonyl (C=O) groups is 2. The van der Waals surface area contributed by atoms with Gasteiger partial charge in [-0.1, -0.05) is 15.9 Å². The number of hydrazine groups is 1. The van der Waals surface area contributed by atoms with Crippen LogP contribution in [0.1, 0.15) is 10.4 Å². The normalized spacial score (nSPS) is 10.2. The van der Waals surface area contributed by atoms with Crippen LogP contribution in [-0.2, 0) is 9.53 Å². The number of ether oxygens (including phenoxy) is 3. The van der Waals surface area contributed by atoms with Crippen LogP contribution in [0, 0.1) is 0 Å². The summed E-state index contributed by atoms with van der Waals surface area (Å²) in [7, 11) is 1.58. The Hall–Kier alpha value is -1.73. The molecule has 0 spiro atoms. The molecule has 0 radical (unpaired) electrons. The monoisotopic (exact) mass is 637 g/mol. The summed E-state index contributed by atoms with van der Waals surface area (Å²) in [5, 5.41) is 2.40. The summed E-state index contributed by atoms with van der Waals surface area (Å²) in [4.78, 5) is 24.3. The fraction of sp³-hybridized carbons (Fsp3) is 0.211. The zero-order valence-corrected chi connectivity index (χ0v) is 21.7. The number of thiocarbonyl (C=S) groups is 1. The first-order chi connectivity index (χ1) is 14.8. The van der Waals surface area contributed by atoms with Crippen LogP contribution < -0.4 is 25.6 Å². The average Bonchev–Trinajstić information content (AvgIpc) is 2.72. The van der Waals surface area contributed by atoms with Gasteiger partial charge in [-0.2, -0.15) is 0 Å². The third-order valence-corrected chi connectivity index (χ3v) is 5.47. The largest absolute Gasteiger partial charge is 0.490 e. The van der Waals surface area contributed by atoms with Crippen LogP contribution in [0.5, 0.6) is 11.5 Å². The first kappa shape index (κ1) is 25.5. The van der Waals surface area contributed by atoms with Crippen molar-refractivity contribution < 1.29 is 23.8 Å². The number of rotatable bonds is 8. The van der Waals surface area contributed by atoms with E-state index in [1.165, 1.54) is 0 Å². The van der Waals surface area contributed by atoms with Crippen LogP contribution >= 0.6 is 60.0 Å². The summed E-state index contributed by atoms with van der Waals surface area (Å²) >= 11 is 15.1. The Bertz CT molecular complexity index is 961. The summed E-state index contributed by atoms with van der Waals surface area (Å²) in [5.41, 5.74) is 5.16. The number of halogens is 3. The number of nitrogens with one attached hydrogen (secondary N) is 3. The van der Waals surface area contributed by atoms with Gasteiger partial charge in [0.25, 0.3) is 11.8 Å². The van der Waals surface area contributed by atoms with Gasteiger partial charge in [-0.3, -0.25) is 25.8 Å². The summed E-state index contributed by atoms with van der Waals surface area (Å²) in [6.45, 7) is 0.587. The molecule has 0 bridgehead atoms. The maximum absolute atomic E-state index is 12.3. The Balaban J connectivity index is 1.77. The van der Waals surface area contributed by atoms with E-state index in [0.29, 0.717) is 39.2 Å². The van der Waals surface area contributed by atoms with Gasteiger partial charge in [-0.05, 0) is 80.5 Å². The standard InChI is InChI=1S/C19H18Br3N3O5S/c1-28-6-7-29-15-4-2-11(8-13(15)21)18(27)23-19(31)25-24-17(26)10-30-16-5-3-12(20)9-14(16)22/h2-5,8-9H,6-7,10H2,1H3,(H,24,26)(H2,23,25,27,31). The first-order valence-electron chi connectivity index (χ1n) is 8.69. The van der Waals surface area contributed by atoms with Gasteiger partial charge >= 0.3 is 0 Å². The smallest absolute Gasteiger partial charge is 0.276 e. The minimum atomic E-state index is -0.480. The highest BCUT2D eigenvalue weighted by molar-refractivity contribution is 9.11. The number of methoxy groups -OCH3 is 1. The van der Waals surface area contributed by atoms with E-state index in [0.717, 1.165) is 4.47 Å². The van der Waals surface area contributed by atoms with Gasteiger partial charge in [0.2, 0.25) is 0 Å². The van der Waals surface area contributed by atoms with E-state index in [1.54, 1.807) is 43.5 Å². The van der Waals surface area contributed by atoms with Gasteiger partial charge in [0.1, 0.15) is 18.1 Å². The summed E-state index contributed by atoms with van der Waals surface area (Å²) in [6.07, 6.45) is 0. The minimum Gasteiger partial charge on any atom is -0.490 e. The number of benzene rings is 2. The molecule has 0 saturated heterocycles. The second-order valence-corrected chi connectivity index (χ2v) is 8.84. The Morgan fingerprint density at radius 3 is 2.29 bits per heavy atom. The van der Waals surface area contributed by atoms with Crippen molar-refractivity contribution in [3.63, 3.8) is 0 Å². The van der Waals surface area contributed by atoms with Crippen molar-refractivity contribution in [2.24, 2.45) is 0 Å². The number of carbonyl (C=O) groups excluding carboxylic acids is 2.